The Morgan fingerprint density at radius 2 is 2.00 bits per heavy atom. The number of pyridine rings is 2. The van der Waals surface area contributed by atoms with Crippen molar-refractivity contribution in [2.45, 2.75) is 51.1 Å². The first-order valence-corrected chi connectivity index (χ1v) is 14.8. The molecule has 184 valence electrons. The first-order valence-electron chi connectivity index (χ1n) is 11.3. The number of hydrogen-bond acceptors (Lipinski definition) is 5. The number of anilines is 3. The number of carbonyl (C=O) groups is 2. The minimum absolute atomic E-state index is 0.0879. The molecule has 1 atom stereocenters. The first-order chi connectivity index (χ1) is 16.4. The summed E-state index contributed by atoms with van der Waals surface area (Å²) in [4.78, 5) is 37.8. The number of halogens is 3. The number of aromatic nitrogens is 2. The van der Waals surface area contributed by atoms with Crippen molar-refractivity contribution in [3.8, 4) is 11.5 Å². The summed E-state index contributed by atoms with van der Waals surface area (Å²) in [5.74, 6) is 3.02. The number of urea groups is 1. The van der Waals surface area contributed by atoms with Gasteiger partial charge in [0.2, 0.25) is 0 Å². The van der Waals surface area contributed by atoms with E-state index in [1.165, 1.54) is 11.0 Å². The minimum atomic E-state index is -4.43. The van der Waals surface area contributed by atoms with E-state index in [1.807, 2.05) is 0 Å². The Hall–Kier alpha value is -3.39. The molecule has 0 aromatic carbocycles. The molecule has 11 heteroatoms. The number of rotatable bonds is 4. The Labute approximate surface area is 202 Å². The lowest BCUT2D eigenvalue weighted by Gasteiger charge is -2.35. The topological polar surface area (TPSA) is 78.4 Å². The normalized spacial score (nSPS) is 16.9. The summed E-state index contributed by atoms with van der Waals surface area (Å²) < 4.78 is 37.7. The van der Waals surface area contributed by atoms with Crippen molar-refractivity contribution in [2.24, 2.45) is 0 Å². The maximum absolute atomic E-state index is 13.3. The van der Waals surface area contributed by atoms with Crippen LogP contribution in [0.4, 0.5) is 35.3 Å². The van der Waals surface area contributed by atoms with Gasteiger partial charge in [0.1, 0.15) is 19.6 Å². The third-order valence-corrected chi connectivity index (χ3v) is 6.54. The number of amides is 2. The standard InChI is InChI=1S/C24H26F3N5O2Si/c1-35(2,3)13-9-16-7-11-28-21(14-16)30-23(34)32-17-8-12-31(15-17)19-5-4-18(29-22(19)32)20(33)6-10-24(25,26)27/h4-5,7,11,14,17H,6,8,10,12,15H2,1-3H3,(H,28,30,34)/t17-/m0/s1. The van der Waals surface area contributed by atoms with Crippen LogP contribution in [0.25, 0.3) is 0 Å². The highest BCUT2D eigenvalue weighted by Gasteiger charge is 2.40. The molecule has 0 radical (unpaired) electrons. The van der Waals surface area contributed by atoms with Crippen LogP contribution >= 0.6 is 0 Å². The molecule has 4 heterocycles. The zero-order chi connectivity index (χ0) is 25.4. The zero-order valence-corrected chi connectivity index (χ0v) is 20.7. The smallest absolute Gasteiger partial charge is 0.366 e. The maximum atomic E-state index is 13.3. The van der Waals surface area contributed by atoms with Gasteiger partial charge in [-0.15, -0.1) is 5.54 Å². The van der Waals surface area contributed by atoms with Crippen LogP contribution in [0.15, 0.2) is 30.5 Å². The summed E-state index contributed by atoms with van der Waals surface area (Å²) in [6.45, 7) is 7.73. The maximum Gasteiger partial charge on any atom is 0.389 e. The summed E-state index contributed by atoms with van der Waals surface area (Å²) in [5, 5.41) is 2.79. The van der Waals surface area contributed by atoms with Gasteiger partial charge in [0.05, 0.1) is 18.2 Å². The van der Waals surface area contributed by atoms with Gasteiger partial charge in [-0.2, -0.15) is 13.2 Å². The largest absolute Gasteiger partial charge is 0.389 e. The third-order valence-electron chi connectivity index (χ3n) is 5.67. The van der Waals surface area contributed by atoms with Crippen molar-refractivity contribution in [3.05, 3.63) is 41.7 Å². The lowest BCUT2D eigenvalue weighted by Crippen LogP contribution is -2.48. The Morgan fingerprint density at radius 3 is 2.71 bits per heavy atom. The van der Waals surface area contributed by atoms with Crippen LogP contribution in [0.3, 0.4) is 0 Å². The van der Waals surface area contributed by atoms with E-state index >= 15 is 0 Å². The highest BCUT2D eigenvalue weighted by Crippen LogP contribution is 2.39. The van der Waals surface area contributed by atoms with Gasteiger partial charge in [-0.1, -0.05) is 25.6 Å². The molecule has 0 spiro atoms. The molecule has 0 aliphatic carbocycles. The van der Waals surface area contributed by atoms with Crippen molar-refractivity contribution < 1.29 is 22.8 Å². The fourth-order valence-corrected chi connectivity index (χ4v) is 4.54. The molecule has 0 saturated carbocycles. The molecule has 0 unspecified atom stereocenters. The van der Waals surface area contributed by atoms with E-state index in [1.54, 1.807) is 24.4 Å². The number of fused-ring (bicyclic) bond motifs is 4. The Balaban J connectivity index is 1.58. The molecule has 1 N–H and O–H groups in total. The van der Waals surface area contributed by atoms with Crippen molar-refractivity contribution in [3.63, 3.8) is 0 Å². The summed E-state index contributed by atoms with van der Waals surface area (Å²) in [5.41, 5.74) is 4.59. The van der Waals surface area contributed by atoms with Crippen LogP contribution in [-0.2, 0) is 0 Å². The Bertz CT molecular complexity index is 1220. The molecule has 2 aromatic rings. The highest BCUT2D eigenvalue weighted by molar-refractivity contribution is 6.83. The third kappa shape index (κ3) is 6.00. The average Bonchev–Trinajstić information content (AvgIpc) is 3.19. The van der Waals surface area contributed by atoms with Crippen molar-refractivity contribution in [1.29, 1.82) is 0 Å². The van der Waals surface area contributed by atoms with Crippen LogP contribution in [0.1, 0.15) is 35.3 Å². The summed E-state index contributed by atoms with van der Waals surface area (Å²) >= 11 is 0. The van der Waals surface area contributed by atoms with E-state index in [9.17, 15) is 22.8 Å². The molecule has 4 rings (SSSR count). The fraction of sp³-hybridized carbons (Fsp3) is 0.417. The number of alkyl halides is 3. The van der Waals surface area contributed by atoms with Gasteiger partial charge in [0.15, 0.2) is 11.6 Å². The quantitative estimate of drug-likeness (QED) is 0.368. The van der Waals surface area contributed by atoms with Crippen LogP contribution < -0.4 is 15.1 Å². The SMILES string of the molecule is C[Si](C)(C)C#Cc1ccnc(NC(=O)N2c3nc(C(=O)CCC(F)(F)F)ccc3N3CC[C@H]2C3)c1. The van der Waals surface area contributed by atoms with E-state index < -0.39 is 38.9 Å². The molecule has 2 bridgehead atoms. The van der Waals surface area contributed by atoms with Gasteiger partial charge in [-0.05, 0) is 30.7 Å². The second-order valence-electron chi connectivity index (χ2n) is 9.70. The molecule has 1 fully saturated rings. The summed E-state index contributed by atoms with van der Waals surface area (Å²) in [6.07, 6.45) is -4.06. The van der Waals surface area contributed by atoms with Crippen molar-refractivity contribution in [2.75, 3.05) is 28.2 Å². The van der Waals surface area contributed by atoms with Crippen LogP contribution in [0.2, 0.25) is 19.6 Å². The Kier molecular flexibility index (Phi) is 6.59. The molecule has 1 saturated heterocycles. The molecule has 35 heavy (non-hydrogen) atoms. The van der Waals surface area contributed by atoms with Crippen molar-refractivity contribution >= 4 is 37.2 Å². The molecule has 2 aliphatic rings. The van der Waals surface area contributed by atoms with Crippen LogP contribution in [0, 0.1) is 11.5 Å². The van der Waals surface area contributed by atoms with Crippen molar-refractivity contribution in [1.82, 2.24) is 9.97 Å². The number of nitrogens with one attached hydrogen (secondary N) is 1. The lowest BCUT2D eigenvalue weighted by atomic mass is 10.1. The van der Waals surface area contributed by atoms with Gasteiger partial charge in [0, 0.05) is 31.3 Å². The molecule has 7 nitrogen and oxygen atoms in total. The average molecular weight is 502 g/mol. The molecule has 2 aromatic heterocycles. The second kappa shape index (κ2) is 9.34. The molecule has 2 amide bonds. The van der Waals surface area contributed by atoms with Gasteiger partial charge < -0.3 is 4.90 Å². The van der Waals surface area contributed by atoms with E-state index in [0.717, 1.165) is 5.56 Å². The molecular formula is C24H26F3N5O2Si. The van der Waals surface area contributed by atoms with Crippen LogP contribution in [-0.4, -0.2) is 55.2 Å². The number of hydrogen-bond donors (Lipinski definition) is 1. The lowest BCUT2D eigenvalue weighted by molar-refractivity contribution is -0.133. The van der Waals surface area contributed by atoms with Gasteiger partial charge in [-0.25, -0.2) is 14.8 Å². The van der Waals surface area contributed by atoms with E-state index in [0.29, 0.717) is 31.0 Å². The number of carbonyl (C=O) groups excluding carboxylic acids is 2. The van der Waals surface area contributed by atoms with Gasteiger partial charge in [0.25, 0.3) is 0 Å². The number of Topliss-reactive ketones (excluding diaryl/α,β-unsaturated/α-hetero) is 1. The molecule has 2 aliphatic heterocycles. The van der Waals surface area contributed by atoms with Crippen LogP contribution in [0.5, 0.6) is 0 Å². The van der Waals surface area contributed by atoms with Gasteiger partial charge >= 0.3 is 12.2 Å². The molecular weight excluding hydrogens is 475 g/mol. The van der Waals surface area contributed by atoms with E-state index in [-0.39, 0.29) is 17.6 Å². The number of ketones is 1. The second-order valence-corrected chi connectivity index (χ2v) is 14.4. The van der Waals surface area contributed by atoms with Gasteiger partial charge in [-0.3, -0.25) is 15.0 Å². The first kappa shape index (κ1) is 24.7. The zero-order valence-electron chi connectivity index (χ0n) is 19.7. The van der Waals surface area contributed by atoms with E-state index in [4.69, 9.17) is 0 Å². The predicted molar refractivity (Wildman–Crippen MR) is 130 cm³/mol. The van der Waals surface area contributed by atoms with E-state index in [2.05, 4.69) is 51.3 Å². The summed E-state index contributed by atoms with van der Waals surface area (Å²) in [7, 11) is -1.58. The minimum Gasteiger partial charge on any atom is -0.366 e. The monoisotopic (exact) mass is 501 g/mol. The number of nitrogens with zero attached hydrogens (tertiary/aromatic N) is 4. The summed E-state index contributed by atoms with van der Waals surface area (Å²) in [6, 6.07) is 5.90. The predicted octanol–water partition coefficient (Wildman–Crippen LogP) is 4.86. The Morgan fingerprint density at radius 1 is 1.23 bits per heavy atom. The fourth-order valence-electron chi connectivity index (χ4n) is 4.02. The highest BCUT2D eigenvalue weighted by atomic mass is 28.3.